The van der Waals surface area contributed by atoms with Gasteiger partial charge in [-0.05, 0) is 55.7 Å². The summed E-state index contributed by atoms with van der Waals surface area (Å²) in [6.07, 6.45) is 11.5. The third kappa shape index (κ3) is 2.35. The largest absolute Gasteiger partial charge is 0.496 e. The lowest BCUT2D eigenvalue weighted by Gasteiger charge is -2.38. The molecule has 2 heteroatoms. The van der Waals surface area contributed by atoms with Gasteiger partial charge in [-0.15, -0.1) is 0 Å². The topological polar surface area (TPSA) is 35.2 Å². The monoisotopic (exact) mass is 273 g/mol. The van der Waals surface area contributed by atoms with E-state index in [1.165, 1.54) is 68.9 Å². The smallest absolute Gasteiger partial charge is 0.122 e. The van der Waals surface area contributed by atoms with Gasteiger partial charge in [-0.1, -0.05) is 25.3 Å². The van der Waals surface area contributed by atoms with Crippen LogP contribution in [0.2, 0.25) is 0 Å². The predicted molar refractivity (Wildman–Crippen MR) is 83.5 cm³/mol. The first-order valence-electron chi connectivity index (χ1n) is 8.19. The van der Waals surface area contributed by atoms with E-state index in [4.69, 9.17) is 10.5 Å². The average molecular weight is 273 g/mol. The first kappa shape index (κ1) is 13.9. The molecule has 1 saturated carbocycles. The number of rotatable bonds is 3. The van der Waals surface area contributed by atoms with E-state index in [1.54, 1.807) is 12.7 Å². The number of benzene rings is 1. The van der Waals surface area contributed by atoms with Crippen molar-refractivity contribution >= 4 is 0 Å². The maximum Gasteiger partial charge on any atom is 0.122 e. The molecule has 0 unspecified atom stereocenters. The molecule has 1 aromatic rings. The van der Waals surface area contributed by atoms with Gasteiger partial charge in [0.25, 0.3) is 0 Å². The fourth-order valence-electron chi connectivity index (χ4n) is 4.16. The standard InChI is InChI=1S/C18H27NO/c1-20-17-12-15-8-4-3-7-14(15)11-16(17)18(13-19)9-5-2-6-10-18/h11-12H,2-10,13,19H2,1H3. The normalized spacial score (nSPS) is 21.3. The molecule has 0 radical (unpaired) electrons. The molecule has 2 aliphatic carbocycles. The van der Waals surface area contributed by atoms with Crippen molar-refractivity contribution in [2.45, 2.75) is 63.2 Å². The van der Waals surface area contributed by atoms with E-state index in [0.29, 0.717) is 0 Å². The van der Waals surface area contributed by atoms with E-state index in [9.17, 15) is 0 Å². The van der Waals surface area contributed by atoms with Gasteiger partial charge >= 0.3 is 0 Å². The Morgan fingerprint density at radius 2 is 1.65 bits per heavy atom. The second kappa shape index (κ2) is 5.77. The Hall–Kier alpha value is -1.02. The van der Waals surface area contributed by atoms with E-state index >= 15 is 0 Å². The highest BCUT2D eigenvalue weighted by Gasteiger charge is 2.35. The van der Waals surface area contributed by atoms with Crippen LogP contribution >= 0.6 is 0 Å². The quantitative estimate of drug-likeness (QED) is 0.910. The minimum absolute atomic E-state index is 0.163. The Kier molecular flexibility index (Phi) is 4.02. The lowest BCUT2D eigenvalue weighted by Crippen LogP contribution is -2.37. The molecule has 0 heterocycles. The summed E-state index contributed by atoms with van der Waals surface area (Å²) in [5.41, 5.74) is 10.8. The predicted octanol–water partition coefficient (Wildman–Crippen LogP) is 3.73. The SMILES string of the molecule is COc1cc2c(cc1C1(CN)CCCCC1)CCCC2. The number of methoxy groups -OCH3 is 1. The summed E-state index contributed by atoms with van der Waals surface area (Å²) in [5.74, 6) is 1.08. The van der Waals surface area contributed by atoms with Crippen LogP contribution < -0.4 is 10.5 Å². The van der Waals surface area contributed by atoms with E-state index in [1.807, 2.05) is 0 Å². The highest BCUT2D eigenvalue weighted by atomic mass is 16.5. The Morgan fingerprint density at radius 3 is 2.25 bits per heavy atom. The minimum Gasteiger partial charge on any atom is -0.496 e. The van der Waals surface area contributed by atoms with Gasteiger partial charge in [0.1, 0.15) is 5.75 Å². The zero-order valence-corrected chi connectivity index (χ0v) is 12.7. The zero-order chi connectivity index (χ0) is 14.0. The number of hydrogen-bond donors (Lipinski definition) is 1. The van der Waals surface area contributed by atoms with E-state index < -0.39 is 0 Å². The molecule has 2 N–H and O–H groups in total. The highest BCUT2D eigenvalue weighted by molar-refractivity contribution is 5.48. The Balaban J connectivity index is 2.06. The van der Waals surface area contributed by atoms with Crippen LogP contribution in [-0.2, 0) is 18.3 Å². The molecule has 0 aliphatic heterocycles. The first-order valence-corrected chi connectivity index (χ1v) is 8.19. The summed E-state index contributed by atoms with van der Waals surface area (Å²) >= 11 is 0. The fourth-order valence-corrected chi connectivity index (χ4v) is 4.16. The maximum atomic E-state index is 6.21. The van der Waals surface area contributed by atoms with Gasteiger partial charge in [0, 0.05) is 17.5 Å². The Labute approximate surface area is 122 Å². The molecule has 2 nitrogen and oxygen atoms in total. The Morgan fingerprint density at radius 1 is 1.00 bits per heavy atom. The van der Waals surface area contributed by atoms with Crippen LogP contribution in [0.5, 0.6) is 5.75 Å². The van der Waals surface area contributed by atoms with Crippen molar-refractivity contribution in [3.05, 3.63) is 28.8 Å². The number of aryl methyl sites for hydroxylation is 2. The molecule has 1 aromatic carbocycles. The summed E-state index contributed by atoms with van der Waals surface area (Å²) < 4.78 is 5.74. The third-order valence-electron chi connectivity index (χ3n) is 5.44. The molecular formula is C18H27NO. The number of ether oxygens (including phenoxy) is 1. The summed E-state index contributed by atoms with van der Waals surface area (Å²) in [4.78, 5) is 0. The summed E-state index contributed by atoms with van der Waals surface area (Å²) in [6.45, 7) is 0.752. The van der Waals surface area contributed by atoms with Gasteiger partial charge in [-0.2, -0.15) is 0 Å². The van der Waals surface area contributed by atoms with Gasteiger partial charge in [-0.25, -0.2) is 0 Å². The molecule has 110 valence electrons. The van der Waals surface area contributed by atoms with E-state index in [0.717, 1.165) is 12.3 Å². The van der Waals surface area contributed by atoms with Gasteiger partial charge in [0.2, 0.25) is 0 Å². The lowest BCUT2D eigenvalue weighted by molar-refractivity contribution is 0.287. The molecule has 0 bridgehead atoms. The molecule has 0 saturated heterocycles. The Bertz CT molecular complexity index is 475. The first-order chi connectivity index (χ1) is 9.79. The number of nitrogens with two attached hydrogens (primary N) is 1. The van der Waals surface area contributed by atoms with Crippen molar-refractivity contribution in [3.8, 4) is 5.75 Å². The zero-order valence-electron chi connectivity index (χ0n) is 12.7. The van der Waals surface area contributed by atoms with Crippen LogP contribution in [-0.4, -0.2) is 13.7 Å². The van der Waals surface area contributed by atoms with Crippen LogP contribution in [0.3, 0.4) is 0 Å². The lowest BCUT2D eigenvalue weighted by atomic mass is 9.68. The second-order valence-electron chi connectivity index (χ2n) is 6.57. The molecule has 3 rings (SSSR count). The second-order valence-corrected chi connectivity index (χ2v) is 6.57. The van der Waals surface area contributed by atoms with Crippen LogP contribution in [0, 0.1) is 0 Å². The molecule has 0 aromatic heterocycles. The summed E-state index contributed by atoms with van der Waals surface area (Å²) in [6, 6.07) is 4.74. The minimum atomic E-state index is 0.163. The third-order valence-corrected chi connectivity index (χ3v) is 5.44. The molecule has 0 amide bonds. The molecule has 20 heavy (non-hydrogen) atoms. The van der Waals surface area contributed by atoms with Crippen molar-refractivity contribution < 1.29 is 4.74 Å². The van der Waals surface area contributed by atoms with Gasteiger partial charge in [0.15, 0.2) is 0 Å². The van der Waals surface area contributed by atoms with E-state index in [-0.39, 0.29) is 5.41 Å². The van der Waals surface area contributed by atoms with Crippen LogP contribution in [0.25, 0.3) is 0 Å². The van der Waals surface area contributed by atoms with Crippen LogP contribution in [0.4, 0.5) is 0 Å². The maximum absolute atomic E-state index is 6.21. The van der Waals surface area contributed by atoms with Crippen LogP contribution in [0.1, 0.15) is 61.6 Å². The molecular weight excluding hydrogens is 246 g/mol. The number of fused-ring (bicyclic) bond motifs is 1. The van der Waals surface area contributed by atoms with Gasteiger partial charge < -0.3 is 10.5 Å². The van der Waals surface area contributed by atoms with Crippen molar-refractivity contribution in [1.82, 2.24) is 0 Å². The summed E-state index contributed by atoms with van der Waals surface area (Å²) in [7, 11) is 1.81. The average Bonchev–Trinajstić information content (AvgIpc) is 2.54. The molecule has 2 aliphatic rings. The number of hydrogen-bond acceptors (Lipinski definition) is 2. The molecule has 0 atom stereocenters. The van der Waals surface area contributed by atoms with Crippen molar-refractivity contribution in [2.75, 3.05) is 13.7 Å². The van der Waals surface area contributed by atoms with Crippen LogP contribution in [0.15, 0.2) is 12.1 Å². The molecule has 1 fully saturated rings. The van der Waals surface area contributed by atoms with Gasteiger partial charge in [-0.3, -0.25) is 0 Å². The van der Waals surface area contributed by atoms with Crippen molar-refractivity contribution in [2.24, 2.45) is 5.73 Å². The van der Waals surface area contributed by atoms with Crippen molar-refractivity contribution in [3.63, 3.8) is 0 Å². The fraction of sp³-hybridized carbons (Fsp3) is 0.667. The highest BCUT2D eigenvalue weighted by Crippen LogP contribution is 2.44. The van der Waals surface area contributed by atoms with Crippen molar-refractivity contribution in [1.29, 1.82) is 0 Å². The summed E-state index contributed by atoms with van der Waals surface area (Å²) in [5, 5.41) is 0. The van der Waals surface area contributed by atoms with Gasteiger partial charge in [0.05, 0.1) is 7.11 Å². The van der Waals surface area contributed by atoms with E-state index in [2.05, 4.69) is 12.1 Å². The molecule has 0 spiro atoms.